The van der Waals surface area contributed by atoms with Crippen LogP contribution in [0.3, 0.4) is 0 Å². The number of allylic oxidation sites excluding steroid dienone is 2. The summed E-state index contributed by atoms with van der Waals surface area (Å²) in [7, 11) is 1.50. The maximum Gasteiger partial charge on any atom is 0.159 e. The van der Waals surface area contributed by atoms with Gasteiger partial charge in [-0.3, -0.25) is 4.79 Å². The Morgan fingerprint density at radius 1 is 1.73 bits per heavy atom. The van der Waals surface area contributed by atoms with E-state index in [-0.39, 0.29) is 11.7 Å². The van der Waals surface area contributed by atoms with E-state index in [1.807, 2.05) is 6.07 Å². The van der Waals surface area contributed by atoms with Crippen LogP contribution in [0.1, 0.15) is 18.1 Å². The van der Waals surface area contributed by atoms with Crippen molar-refractivity contribution in [3.05, 3.63) is 49.1 Å². The molecule has 3 heteroatoms. The lowest BCUT2D eigenvalue weighted by molar-refractivity contribution is -0.114. The van der Waals surface area contributed by atoms with E-state index in [2.05, 4.69) is 11.3 Å². The van der Waals surface area contributed by atoms with Crippen molar-refractivity contribution < 1.29 is 13.9 Å². The lowest BCUT2D eigenvalue weighted by Gasteiger charge is -2.06. The van der Waals surface area contributed by atoms with Gasteiger partial charge >= 0.3 is 0 Å². The highest BCUT2D eigenvalue weighted by molar-refractivity contribution is 5.90. The highest BCUT2D eigenvalue weighted by atomic mass is 16.5. The molecule has 0 amide bonds. The number of methoxy groups -OCH3 is 1. The van der Waals surface area contributed by atoms with Crippen LogP contribution in [0, 0.1) is 0 Å². The van der Waals surface area contributed by atoms with Crippen LogP contribution >= 0.6 is 0 Å². The molecule has 15 heavy (non-hydrogen) atoms. The monoisotopic (exact) mass is 206 g/mol. The summed E-state index contributed by atoms with van der Waals surface area (Å²) in [6.07, 6.45) is 6.40. The molecule has 0 bridgehead atoms. The topological polar surface area (TPSA) is 39.4 Å². The highest BCUT2D eigenvalue weighted by Crippen LogP contribution is 2.21. The second-order valence-corrected chi connectivity index (χ2v) is 3.07. The van der Waals surface area contributed by atoms with Gasteiger partial charge in [0.05, 0.1) is 19.6 Å². The molecule has 0 aliphatic heterocycles. The van der Waals surface area contributed by atoms with Crippen LogP contribution in [0.15, 0.2) is 47.8 Å². The van der Waals surface area contributed by atoms with Gasteiger partial charge < -0.3 is 9.15 Å². The molecule has 0 N–H and O–H groups in total. The van der Waals surface area contributed by atoms with Gasteiger partial charge in [-0.05, 0) is 12.1 Å². The number of furan rings is 1. The number of ketones is 1. The minimum absolute atomic E-state index is 0.0156. The van der Waals surface area contributed by atoms with Crippen molar-refractivity contribution in [2.45, 2.75) is 12.3 Å². The molecule has 0 fully saturated rings. The normalized spacial score (nSPS) is 12.6. The van der Waals surface area contributed by atoms with Gasteiger partial charge in [0.2, 0.25) is 0 Å². The maximum atomic E-state index is 11.4. The van der Waals surface area contributed by atoms with E-state index in [9.17, 15) is 4.79 Å². The van der Waals surface area contributed by atoms with Gasteiger partial charge in [0, 0.05) is 18.4 Å². The molecule has 0 saturated carbocycles. The molecule has 0 aliphatic carbocycles. The standard InChI is InChI=1S/C12H14O3/c1-3-10(12-5-4-7-15-12)9-11(13)6-8-14-2/h3-8,10H,1,9H2,2H3/b8-6+/t10-/m0/s1. The van der Waals surface area contributed by atoms with Crippen LogP contribution in [0.2, 0.25) is 0 Å². The average molecular weight is 206 g/mol. The summed E-state index contributed by atoms with van der Waals surface area (Å²) in [5.41, 5.74) is 0. The summed E-state index contributed by atoms with van der Waals surface area (Å²) in [6, 6.07) is 3.63. The van der Waals surface area contributed by atoms with Crippen molar-refractivity contribution in [2.75, 3.05) is 7.11 Å². The Kier molecular flexibility index (Phi) is 4.41. The number of rotatable bonds is 6. The first kappa shape index (κ1) is 11.3. The van der Waals surface area contributed by atoms with E-state index < -0.39 is 0 Å². The second-order valence-electron chi connectivity index (χ2n) is 3.07. The fourth-order valence-electron chi connectivity index (χ4n) is 1.23. The Labute approximate surface area is 89.0 Å². The molecule has 1 aromatic heterocycles. The second kappa shape index (κ2) is 5.86. The molecule has 1 rings (SSSR count). The van der Waals surface area contributed by atoms with Crippen molar-refractivity contribution in [3.63, 3.8) is 0 Å². The number of hydrogen-bond acceptors (Lipinski definition) is 3. The molecule has 0 aromatic carbocycles. The summed E-state index contributed by atoms with van der Waals surface area (Å²) in [5, 5.41) is 0. The van der Waals surface area contributed by atoms with Crippen molar-refractivity contribution in [1.82, 2.24) is 0 Å². The molecule has 0 saturated heterocycles. The lowest BCUT2D eigenvalue weighted by atomic mass is 10.00. The van der Waals surface area contributed by atoms with Crippen LogP contribution in [0.25, 0.3) is 0 Å². The fourth-order valence-corrected chi connectivity index (χ4v) is 1.23. The molecule has 0 spiro atoms. The molecule has 0 unspecified atom stereocenters. The van der Waals surface area contributed by atoms with E-state index in [0.29, 0.717) is 6.42 Å². The van der Waals surface area contributed by atoms with Gasteiger partial charge in [0.15, 0.2) is 5.78 Å². The Balaban J connectivity index is 2.58. The number of ether oxygens (including phenoxy) is 1. The lowest BCUT2D eigenvalue weighted by Crippen LogP contribution is -2.01. The van der Waals surface area contributed by atoms with Crippen LogP contribution in [-0.2, 0) is 9.53 Å². The Morgan fingerprint density at radius 2 is 2.53 bits per heavy atom. The molecular weight excluding hydrogens is 192 g/mol. The largest absolute Gasteiger partial charge is 0.504 e. The zero-order valence-electron chi connectivity index (χ0n) is 8.68. The highest BCUT2D eigenvalue weighted by Gasteiger charge is 2.13. The first-order chi connectivity index (χ1) is 7.27. The summed E-state index contributed by atoms with van der Waals surface area (Å²) < 4.78 is 9.88. The van der Waals surface area contributed by atoms with Crippen molar-refractivity contribution in [2.24, 2.45) is 0 Å². The van der Waals surface area contributed by atoms with E-state index in [4.69, 9.17) is 4.42 Å². The first-order valence-electron chi connectivity index (χ1n) is 4.66. The Bertz CT molecular complexity index is 336. The number of carbonyl (C=O) groups is 1. The van der Waals surface area contributed by atoms with Crippen molar-refractivity contribution in [1.29, 1.82) is 0 Å². The molecule has 0 radical (unpaired) electrons. The van der Waals surface area contributed by atoms with Crippen LogP contribution < -0.4 is 0 Å². The van der Waals surface area contributed by atoms with Crippen LogP contribution in [0.4, 0.5) is 0 Å². The molecule has 0 aliphatic rings. The van der Waals surface area contributed by atoms with Crippen molar-refractivity contribution >= 4 is 5.78 Å². The molecular formula is C12H14O3. The maximum absolute atomic E-state index is 11.4. The zero-order chi connectivity index (χ0) is 11.1. The predicted molar refractivity (Wildman–Crippen MR) is 57.4 cm³/mol. The van der Waals surface area contributed by atoms with E-state index in [1.165, 1.54) is 19.4 Å². The van der Waals surface area contributed by atoms with Gasteiger partial charge in [0.1, 0.15) is 5.76 Å². The van der Waals surface area contributed by atoms with Crippen molar-refractivity contribution in [3.8, 4) is 0 Å². The van der Waals surface area contributed by atoms with Crippen LogP contribution in [-0.4, -0.2) is 12.9 Å². The van der Waals surface area contributed by atoms with Crippen LogP contribution in [0.5, 0.6) is 0 Å². The van der Waals surface area contributed by atoms with Gasteiger partial charge in [-0.25, -0.2) is 0 Å². The van der Waals surface area contributed by atoms with E-state index in [0.717, 1.165) is 5.76 Å². The summed E-state index contributed by atoms with van der Waals surface area (Å²) in [5.74, 6) is 0.663. The fraction of sp³-hybridized carbons (Fsp3) is 0.250. The molecule has 1 aromatic rings. The Morgan fingerprint density at radius 3 is 3.07 bits per heavy atom. The third-order valence-electron chi connectivity index (χ3n) is 2.00. The number of hydrogen-bond donors (Lipinski definition) is 0. The minimum atomic E-state index is -0.0750. The molecule has 3 nitrogen and oxygen atoms in total. The van der Waals surface area contributed by atoms with Gasteiger partial charge in [0.25, 0.3) is 0 Å². The SMILES string of the molecule is C=C[C@@H](CC(=O)/C=C/OC)c1ccco1. The predicted octanol–water partition coefficient (Wildman–Crippen LogP) is 2.67. The smallest absolute Gasteiger partial charge is 0.159 e. The Hall–Kier alpha value is -1.77. The van der Waals surface area contributed by atoms with E-state index in [1.54, 1.807) is 18.4 Å². The molecule has 1 heterocycles. The zero-order valence-corrected chi connectivity index (χ0v) is 8.68. The third-order valence-corrected chi connectivity index (χ3v) is 2.00. The van der Waals surface area contributed by atoms with Gasteiger partial charge in [-0.2, -0.15) is 0 Å². The summed E-state index contributed by atoms with van der Waals surface area (Å²) in [4.78, 5) is 11.4. The van der Waals surface area contributed by atoms with Gasteiger partial charge in [-0.1, -0.05) is 6.08 Å². The third kappa shape index (κ3) is 3.46. The molecule has 1 atom stereocenters. The minimum Gasteiger partial charge on any atom is -0.504 e. The first-order valence-corrected chi connectivity index (χ1v) is 4.66. The molecule has 80 valence electrons. The quantitative estimate of drug-likeness (QED) is 0.408. The van der Waals surface area contributed by atoms with Gasteiger partial charge in [-0.15, -0.1) is 6.58 Å². The number of carbonyl (C=O) groups excluding carboxylic acids is 1. The average Bonchev–Trinajstić information content (AvgIpc) is 2.76. The van der Waals surface area contributed by atoms with E-state index >= 15 is 0 Å². The summed E-state index contributed by atoms with van der Waals surface area (Å²) in [6.45, 7) is 3.68. The summed E-state index contributed by atoms with van der Waals surface area (Å²) >= 11 is 0.